The Morgan fingerprint density at radius 1 is 1.19 bits per heavy atom. The Hall–Kier alpha value is -1.28. The number of rotatable bonds is 5. The fraction of sp³-hybridized carbons (Fsp3) is 0.682. The summed E-state index contributed by atoms with van der Waals surface area (Å²) in [5, 5.41) is 0.789. The number of aryl methyl sites for hydroxylation is 1. The van der Waals surface area contributed by atoms with Gasteiger partial charge >= 0.3 is 12.3 Å². The van der Waals surface area contributed by atoms with Crippen molar-refractivity contribution >= 4 is 35.3 Å². The molecule has 0 aromatic heterocycles. The van der Waals surface area contributed by atoms with Gasteiger partial charge in [-0.05, 0) is 94.5 Å². The van der Waals surface area contributed by atoms with Crippen LogP contribution in [0.1, 0.15) is 63.5 Å². The highest BCUT2D eigenvalue weighted by atomic mass is 35.5. The molecule has 1 aromatic carbocycles. The fourth-order valence-electron chi connectivity index (χ4n) is 3.62. The zero-order chi connectivity index (χ0) is 23.0. The van der Waals surface area contributed by atoms with Crippen LogP contribution in [-0.2, 0) is 4.74 Å². The average molecular weight is 479 g/mol. The predicted molar refractivity (Wildman–Crippen MR) is 120 cm³/mol. The van der Waals surface area contributed by atoms with Crippen LogP contribution in [0.25, 0.3) is 0 Å². The molecule has 1 aliphatic carbocycles. The summed E-state index contributed by atoms with van der Waals surface area (Å²) >= 11 is 7.66. The lowest BCUT2D eigenvalue weighted by Crippen LogP contribution is -2.41. The lowest BCUT2D eigenvalue weighted by molar-refractivity contribution is -0.117. The predicted octanol–water partition coefficient (Wildman–Crippen LogP) is 6.94. The van der Waals surface area contributed by atoms with Gasteiger partial charge in [-0.1, -0.05) is 11.6 Å². The van der Waals surface area contributed by atoms with Gasteiger partial charge in [0, 0.05) is 23.4 Å². The molecule has 4 nitrogen and oxygen atoms in total. The Kier molecular flexibility index (Phi) is 7.31. The number of ether oxygens (including phenoxy) is 1. The molecule has 1 heterocycles. The quantitative estimate of drug-likeness (QED) is 0.429. The third-order valence-electron chi connectivity index (χ3n) is 5.29. The van der Waals surface area contributed by atoms with E-state index in [0.717, 1.165) is 24.0 Å². The minimum Gasteiger partial charge on any atom is -0.444 e. The zero-order valence-electron chi connectivity index (χ0n) is 18.4. The van der Waals surface area contributed by atoms with Crippen molar-refractivity contribution in [1.82, 2.24) is 4.90 Å². The number of alkyl halides is 3. The molecule has 31 heavy (non-hydrogen) atoms. The summed E-state index contributed by atoms with van der Waals surface area (Å²) in [5.74, 6) is 0.0299. The Bertz CT molecular complexity index is 801. The van der Waals surface area contributed by atoms with E-state index < -0.39 is 18.3 Å². The van der Waals surface area contributed by atoms with E-state index in [4.69, 9.17) is 16.3 Å². The van der Waals surface area contributed by atoms with E-state index in [0.29, 0.717) is 36.6 Å². The molecule has 0 spiro atoms. The Morgan fingerprint density at radius 3 is 2.32 bits per heavy atom. The first kappa shape index (κ1) is 24.4. The van der Waals surface area contributed by atoms with Crippen LogP contribution < -0.4 is 4.31 Å². The van der Waals surface area contributed by atoms with E-state index in [1.807, 2.05) is 33.8 Å². The van der Waals surface area contributed by atoms with Crippen LogP contribution in [0.3, 0.4) is 0 Å². The summed E-state index contributed by atoms with van der Waals surface area (Å²) in [6.45, 7) is 7.29. The maximum Gasteiger partial charge on any atom is 0.410 e. The van der Waals surface area contributed by atoms with Gasteiger partial charge in [-0.2, -0.15) is 13.2 Å². The second-order valence-electron chi connectivity index (χ2n) is 9.36. The maximum absolute atomic E-state index is 13.4. The maximum atomic E-state index is 13.4. The first-order valence-electron chi connectivity index (χ1n) is 10.6. The van der Waals surface area contributed by atoms with Crippen LogP contribution in [0, 0.1) is 6.92 Å². The minimum absolute atomic E-state index is 0.0299. The van der Waals surface area contributed by atoms with Gasteiger partial charge in [0.15, 0.2) is 0 Å². The number of piperidine rings is 1. The van der Waals surface area contributed by atoms with E-state index in [1.165, 1.54) is 16.3 Å². The Labute approximate surface area is 191 Å². The number of carbonyl (C=O) groups excluding carboxylic acids is 1. The monoisotopic (exact) mass is 478 g/mol. The molecule has 0 unspecified atom stereocenters. The molecule has 2 aliphatic rings. The van der Waals surface area contributed by atoms with Gasteiger partial charge in [-0.25, -0.2) is 4.79 Å². The highest BCUT2D eigenvalue weighted by Gasteiger charge is 2.37. The molecule has 1 aliphatic heterocycles. The molecule has 2 fully saturated rings. The van der Waals surface area contributed by atoms with Crippen LogP contribution >= 0.6 is 23.5 Å². The van der Waals surface area contributed by atoms with Crippen LogP contribution in [0.5, 0.6) is 0 Å². The molecular weight excluding hydrogens is 449 g/mol. The topological polar surface area (TPSA) is 32.8 Å². The molecule has 1 aromatic rings. The van der Waals surface area contributed by atoms with Gasteiger partial charge in [0.1, 0.15) is 12.1 Å². The van der Waals surface area contributed by atoms with Crippen molar-refractivity contribution in [3.05, 3.63) is 28.3 Å². The smallest absolute Gasteiger partial charge is 0.410 e. The van der Waals surface area contributed by atoms with Crippen molar-refractivity contribution in [1.29, 1.82) is 0 Å². The number of benzene rings is 1. The molecule has 9 heteroatoms. The molecule has 0 atom stereocenters. The van der Waals surface area contributed by atoms with E-state index in [1.54, 1.807) is 11.0 Å². The minimum atomic E-state index is -4.30. The molecule has 1 amide bonds. The number of likely N-dealkylation sites (tertiary alicyclic amines) is 1. The Morgan fingerprint density at radius 2 is 1.81 bits per heavy atom. The second-order valence-corrected chi connectivity index (χ2v) is 11.1. The number of hydrogen-bond donors (Lipinski definition) is 0. The molecule has 0 bridgehead atoms. The standard InChI is InChI=1S/C22H30ClF3N2O2S/c1-14-11-19(28(13-22(24,25)26)31-16-5-6-16)17(12-18(14)23)15-7-9-27(10-8-15)20(29)30-21(2,3)4/h11-12,15-16H,5-10,13H2,1-4H3. The molecule has 0 N–H and O–H groups in total. The summed E-state index contributed by atoms with van der Waals surface area (Å²) in [4.78, 5) is 14.0. The number of amides is 1. The molecule has 1 saturated heterocycles. The normalized spacial score (nSPS) is 18.3. The van der Waals surface area contributed by atoms with Crippen LogP contribution in [0.15, 0.2) is 12.1 Å². The number of anilines is 1. The first-order valence-corrected chi connectivity index (χ1v) is 11.8. The number of hydrogen-bond acceptors (Lipinski definition) is 4. The lowest BCUT2D eigenvalue weighted by atomic mass is 9.87. The zero-order valence-corrected chi connectivity index (χ0v) is 20.0. The van der Waals surface area contributed by atoms with Crippen molar-refractivity contribution in [2.24, 2.45) is 0 Å². The van der Waals surface area contributed by atoms with Crippen molar-refractivity contribution in [3.63, 3.8) is 0 Å². The van der Waals surface area contributed by atoms with Gasteiger partial charge in [-0.15, -0.1) is 0 Å². The van der Waals surface area contributed by atoms with Crippen LogP contribution in [0.2, 0.25) is 5.02 Å². The van der Waals surface area contributed by atoms with Gasteiger partial charge in [0.25, 0.3) is 0 Å². The summed E-state index contributed by atoms with van der Waals surface area (Å²) in [6, 6.07) is 3.59. The molecule has 174 valence electrons. The highest BCUT2D eigenvalue weighted by Crippen LogP contribution is 2.45. The average Bonchev–Trinajstić information content (AvgIpc) is 3.45. The highest BCUT2D eigenvalue weighted by molar-refractivity contribution is 8.01. The molecule has 3 rings (SSSR count). The third kappa shape index (κ3) is 7.11. The van der Waals surface area contributed by atoms with Gasteiger partial charge in [0.05, 0.1) is 5.69 Å². The number of carbonyl (C=O) groups is 1. The SMILES string of the molecule is Cc1cc(N(CC(F)(F)F)SC2CC2)c(C2CCN(C(=O)OC(C)(C)C)CC2)cc1Cl. The summed E-state index contributed by atoms with van der Waals surface area (Å²) in [5.41, 5.74) is 1.61. The van der Waals surface area contributed by atoms with Crippen molar-refractivity contribution in [2.75, 3.05) is 23.9 Å². The van der Waals surface area contributed by atoms with Crippen LogP contribution in [-0.4, -0.2) is 47.7 Å². The summed E-state index contributed by atoms with van der Waals surface area (Å²) in [6.07, 6.45) is -1.47. The molecular formula is C22H30ClF3N2O2S. The summed E-state index contributed by atoms with van der Waals surface area (Å²) < 4.78 is 46.9. The van der Waals surface area contributed by atoms with E-state index >= 15 is 0 Å². The van der Waals surface area contributed by atoms with E-state index in [-0.39, 0.29) is 17.3 Å². The lowest BCUT2D eigenvalue weighted by Gasteiger charge is -2.36. The first-order chi connectivity index (χ1) is 14.3. The van der Waals surface area contributed by atoms with Crippen molar-refractivity contribution in [3.8, 4) is 0 Å². The number of nitrogens with zero attached hydrogens (tertiary/aromatic N) is 2. The fourth-order valence-corrected chi connectivity index (χ4v) is 4.99. The molecule has 1 saturated carbocycles. The number of halogens is 4. The Balaban J connectivity index is 1.81. The van der Waals surface area contributed by atoms with Gasteiger partial charge < -0.3 is 13.9 Å². The third-order valence-corrected chi connectivity index (χ3v) is 7.04. The van der Waals surface area contributed by atoms with E-state index in [9.17, 15) is 18.0 Å². The van der Waals surface area contributed by atoms with Crippen LogP contribution in [0.4, 0.5) is 23.7 Å². The summed E-state index contributed by atoms with van der Waals surface area (Å²) in [7, 11) is 0. The van der Waals surface area contributed by atoms with Gasteiger partial charge in [0.2, 0.25) is 0 Å². The largest absolute Gasteiger partial charge is 0.444 e. The molecule has 0 radical (unpaired) electrons. The van der Waals surface area contributed by atoms with Gasteiger partial charge in [-0.3, -0.25) is 0 Å². The van der Waals surface area contributed by atoms with E-state index in [2.05, 4.69) is 0 Å². The van der Waals surface area contributed by atoms with Crippen molar-refractivity contribution in [2.45, 2.75) is 76.3 Å². The second kappa shape index (κ2) is 9.30. The van der Waals surface area contributed by atoms with Crippen molar-refractivity contribution < 1.29 is 22.7 Å².